The Bertz CT molecular complexity index is 1080. The molecule has 0 amide bonds. The maximum Gasteiger partial charge on any atom is 0.313 e. The van der Waals surface area contributed by atoms with Crippen molar-refractivity contribution in [2.45, 2.75) is 128 Å². The van der Waals surface area contributed by atoms with E-state index >= 15 is 4.39 Å². The fourth-order valence-corrected chi connectivity index (χ4v) is 7.09. The molecule has 2 aromatic rings. The molecule has 0 aromatic heterocycles. The Morgan fingerprint density at radius 3 is 2.00 bits per heavy atom. The predicted molar refractivity (Wildman–Crippen MR) is 164 cm³/mol. The van der Waals surface area contributed by atoms with Crippen LogP contribution in [0.1, 0.15) is 149 Å². The van der Waals surface area contributed by atoms with Crippen molar-refractivity contribution in [1.29, 1.82) is 0 Å². The number of ether oxygens (including phenoxy) is 1. The van der Waals surface area contributed by atoms with Crippen molar-refractivity contribution in [2.75, 3.05) is 0 Å². The van der Waals surface area contributed by atoms with Gasteiger partial charge in [-0.1, -0.05) is 81.7 Å². The lowest BCUT2D eigenvalue weighted by molar-refractivity contribution is 0.0537. The SMILES string of the molecule is [CH2+][C-](CCCCC)OC(=O)c1cc(F)c(C2CCC(CCCCC3CCC(c4ccc(C)cc4)CC3)CC2)cc1F. The van der Waals surface area contributed by atoms with E-state index in [9.17, 15) is 9.18 Å². The number of hydrogen-bond donors (Lipinski definition) is 0. The first-order valence-electron chi connectivity index (χ1n) is 16.3. The molecule has 2 nitrogen and oxygen atoms in total. The Hall–Kier alpha value is -2.36. The molecule has 2 aromatic carbocycles. The number of halogens is 2. The van der Waals surface area contributed by atoms with Gasteiger partial charge >= 0.3 is 5.97 Å². The quantitative estimate of drug-likeness (QED) is 0.137. The summed E-state index contributed by atoms with van der Waals surface area (Å²) in [7, 11) is 0. The second-order valence-corrected chi connectivity index (χ2v) is 12.9. The van der Waals surface area contributed by atoms with Crippen LogP contribution in [0.15, 0.2) is 36.4 Å². The van der Waals surface area contributed by atoms with Crippen LogP contribution < -0.4 is 0 Å². The van der Waals surface area contributed by atoms with Gasteiger partial charge in [0.15, 0.2) is 0 Å². The molecule has 0 bridgehead atoms. The third-order valence-electron chi connectivity index (χ3n) is 9.76. The molecule has 0 aliphatic heterocycles. The van der Waals surface area contributed by atoms with Crippen LogP contribution in [-0.2, 0) is 4.74 Å². The van der Waals surface area contributed by atoms with Gasteiger partial charge in [0.25, 0.3) is 0 Å². The first-order valence-corrected chi connectivity index (χ1v) is 16.3. The average molecular weight is 565 g/mol. The lowest BCUT2D eigenvalue weighted by Gasteiger charge is -2.30. The van der Waals surface area contributed by atoms with Crippen molar-refractivity contribution in [3.63, 3.8) is 0 Å². The molecule has 2 aliphatic rings. The Labute approximate surface area is 247 Å². The van der Waals surface area contributed by atoms with Crippen molar-refractivity contribution >= 4 is 5.97 Å². The highest BCUT2D eigenvalue weighted by atomic mass is 19.1. The van der Waals surface area contributed by atoms with E-state index in [0.717, 1.165) is 62.8 Å². The summed E-state index contributed by atoms with van der Waals surface area (Å²) in [5.41, 5.74) is 2.91. The Morgan fingerprint density at radius 1 is 0.829 bits per heavy atom. The van der Waals surface area contributed by atoms with Gasteiger partial charge in [0, 0.05) is 6.10 Å². The Balaban J connectivity index is 1.14. The van der Waals surface area contributed by atoms with Crippen LogP contribution in [0.4, 0.5) is 8.78 Å². The molecule has 224 valence electrons. The van der Waals surface area contributed by atoms with Gasteiger partial charge in [-0.05, 0) is 112 Å². The van der Waals surface area contributed by atoms with E-state index in [0.29, 0.717) is 24.0 Å². The molecule has 0 saturated heterocycles. The van der Waals surface area contributed by atoms with Crippen molar-refractivity contribution in [1.82, 2.24) is 0 Å². The smallest absolute Gasteiger partial charge is 0.313 e. The summed E-state index contributed by atoms with van der Waals surface area (Å²) in [6.45, 7) is 7.99. The van der Waals surface area contributed by atoms with Crippen molar-refractivity contribution in [3.8, 4) is 0 Å². The molecule has 0 radical (unpaired) electrons. The van der Waals surface area contributed by atoms with Gasteiger partial charge in [-0.15, -0.1) is 6.42 Å². The number of carbonyl (C=O) groups excluding carboxylic acids is 1. The molecule has 4 rings (SSSR count). The van der Waals surface area contributed by atoms with Crippen LogP contribution in [0.3, 0.4) is 0 Å². The highest BCUT2D eigenvalue weighted by Crippen LogP contribution is 2.41. The third-order valence-corrected chi connectivity index (χ3v) is 9.76. The van der Waals surface area contributed by atoms with E-state index < -0.39 is 17.6 Å². The largest absolute Gasteiger partial charge is 0.583 e. The zero-order chi connectivity index (χ0) is 29.2. The van der Waals surface area contributed by atoms with Crippen LogP contribution in [-0.4, -0.2) is 5.97 Å². The van der Waals surface area contributed by atoms with Gasteiger partial charge in [-0.2, -0.15) is 0 Å². The number of rotatable bonds is 13. The average Bonchev–Trinajstić information content (AvgIpc) is 2.97. The van der Waals surface area contributed by atoms with Crippen LogP contribution in [0.5, 0.6) is 0 Å². The third kappa shape index (κ3) is 9.32. The maximum atomic E-state index is 15.0. The summed E-state index contributed by atoms with van der Waals surface area (Å²) in [4.78, 5) is 12.4. The summed E-state index contributed by atoms with van der Waals surface area (Å²) in [6.07, 6.45) is 18.2. The Morgan fingerprint density at radius 2 is 1.41 bits per heavy atom. The molecule has 2 saturated carbocycles. The molecular weight excluding hydrogens is 514 g/mol. The van der Waals surface area contributed by atoms with Gasteiger partial charge in [-0.3, -0.25) is 0 Å². The standard InChI is InChI=1S/C37H50F2O2/c1-4-5-6-9-27(3)41-37(40)34-25-35(38)33(24-36(34)39)32-22-16-29(17-23-32)11-8-7-10-28-14-20-31(21-15-28)30-18-12-26(2)13-19-30/h12-13,18-19,24-25,28-29,31-32H,3-11,14-17,20-23H2,1-2H3. The maximum absolute atomic E-state index is 15.0. The van der Waals surface area contributed by atoms with Gasteiger partial charge in [-0.25, -0.2) is 13.6 Å². The lowest BCUT2D eigenvalue weighted by atomic mass is 9.75. The number of aryl methyl sites for hydroxylation is 1. The minimum atomic E-state index is -0.863. The van der Waals surface area contributed by atoms with Gasteiger partial charge in [0.1, 0.15) is 11.6 Å². The summed E-state index contributed by atoms with van der Waals surface area (Å²) in [5, 5.41) is 0. The minimum Gasteiger partial charge on any atom is -0.583 e. The monoisotopic (exact) mass is 564 g/mol. The van der Waals surface area contributed by atoms with E-state index in [1.807, 2.05) is 0 Å². The number of carbonyl (C=O) groups is 1. The predicted octanol–water partition coefficient (Wildman–Crippen LogP) is 11.2. The molecule has 2 fully saturated rings. The zero-order valence-corrected chi connectivity index (χ0v) is 25.4. The topological polar surface area (TPSA) is 26.3 Å². The van der Waals surface area contributed by atoms with Crippen molar-refractivity contribution < 1.29 is 18.3 Å². The molecule has 41 heavy (non-hydrogen) atoms. The molecule has 0 atom stereocenters. The van der Waals surface area contributed by atoms with E-state index in [2.05, 4.69) is 45.0 Å². The normalized spacial score (nSPS) is 23.0. The van der Waals surface area contributed by atoms with Gasteiger partial charge in [0.05, 0.1) is 5.56 Å². The number of hydrogen-bond acceptors (Lipinski definition) is 2. The molecule has 0 heterocycles. The van der Waals surface area contributed by atoms with Gasteiger partial charge < -0.3 is 4.74 Å². The number of benzene rings is 2. The summed E-state index contributed by atoms with van der Waals surface area (Å²) >= 11 is 0. The molecule has 2 aliphatic carbocycles. The molecule has 4 heteroatoms. The van der Waals surface area contributed by atoms with Crippen LogP contribution >= 0.6 is 0 Å². The van der Waals surface area contributed by atoms with Crippen LogP contribution in [0.2, 0.25) is 0 Å². The van der Waals surface area contributed by atoms with E-state index in [-0.39, 0.29) is 11.5 Å². The highest BCUT2D eigenvalue weighted by Gasteiger charge is 2.27. The molecule has 0 unspecified atom stereocenters. The second kappa shape index (κ2) is 15.8. The minimum absolute atomic E-state index is 0.0125. The molecular formula is C37H50F2O2. The summed E-state index contributed by atoms with van der Waals surface area (Å²) in [5.74, 6) is 0.245. The van der Waals surface area contributed by atoms with E-state index in [4.69, 9.17) is 4.74 Å². The number of esters is 1. The van der Waals surface area contributed by atoms with Crippen molar-refractivity contribution in [3.05, 3.63) is 83.3 Å². The van der Waals surface area contributed by atoms with Crippen LogP contribution in [0, 0.1) is 43.4 Å². The van der Waals surface area contributed by atoms with E-state index in [1.54, 1.807) is 0 Å². The van der Waals surface area contributed by atoms with Gasteiger partial charge in [0.2, 0.25) is 0 Å². The summed E-state index contributed by atoms with van der Waals surface area (Å²) < 4.78 is 35.1. The zero-order valence-electron chi connectivity index (χ0n) is 25.4. The fraction of sp³-hybridized carbons (Fsp3) is 0.595. The molecule has 0 spiro atoms. The lowest BCUT2D eigenvalue weighted by Crippen LogP contribution is -2.16. The first-order chi connectivity index (χ1) is 19.8. The molecule has 0 N–H and O–H groups in total. The fourth-order valence-electron chi connectivity index (χ4n) is 7.09. The Kier molecular flexibility index (Phi) is 12.1. The van der Waals surface area contributed by atoms with Crippen LogP contribution in [0.25, 0.3) is 0 Å². The first kappa shape index (κ1) is 31.6. The second-order valence-electron chi connectivity index (χ2n) is 12.9. The van der Waals surface area contributed by atoms with E-state index in [1.165, 1.54) is 68.6 Å². The highest BCUT2D eigenvalue weighted by molar-refractivity contribution is 5.90. The summed E-state index contributed by atoms with van der Waals surface area (Å²) in [6, 6.07) is 11.4. The number of unbranched alkanes of at least 4 members (excludes halogenated alkanes) is 3. The van der Waals surface area contributed by atoms with Crippen molar-refractivity contribution in [2.24, 2.45) is 11.8 Å².